The number of carbonyl (C=O) groups is 1. The van der Waals surface area contributed by atoms with Gasteiger partial charge in [-0.05, 0) is 44.4 Å². The van der Waals surface area contributed by atoms with E-state index in [4.69, 9.17) is 0 Å². The van der Waals surface area contributed by atoms with Gasteiger partial charge in [-0.3, -0.25) is 4.79 Å². The summed E-state index contributed by atoms with van der Waals surface area (Å²) >= 11 is 0. The first-order valence-corrected chi connectivity index (χ1v) is 7.00. The molecule has 2 rings (SSSR count). The number of hydrogen-bond donors (Lipinski definition) is 2. The maximum Gasteiger partial charge on any atom is 0.228 e. The van der Waals surface area contributed by atoms with E-state index in [-0.39, 0.29) is 5.91 Å². The molecule has 0 atom stereocenters. The van der Waals surface area contributed by atoms with Gasteiger partial charge >= 0.3 is 0 Å². The van der Waals surface area contributed by atoms with Gasteiger partial charge in [-0.2, -0.15) is 0 Å². The average molecular weight is 258 g/mol. The summed E-state index contributed by atoms with van der Waals surface area (Å²) in [5.74, 6) is 0.0942. The van der Waals surface area contributed by atoms with E-state index in [0.29, 0.717) is 6.42 Å². The molecule has 1 aromatic carbocycles. The molecule has 0 unspecified atom stereocenters. The maximum atomic E-state index is 12.1. The van der Waals surface area contributed by atoms with Gasteiger partial charge in [0.1, 0.15) is 0 Å². The molecule has 3 nitrogen and oxygen atoms in total. The van der Waals surface area contributed by atoms with Crippen molar-refractivity contribution in [2.45, 2.75) is 38.6 Å². The van der Waals surface area contributed by atoms with Gasteiger partial charge in [-0.25, -0.2) is 0 Å². The molecule has 1 aliphatic rings. The second kappa shape index (κ2) is 7.10. The molecule has 3 heteroatoms. The SMILES string of the molecule is CNCc1ccccc1NC(=O)CC1=CCCCC1. The van der Waals surface area contributed by atoms with E-state index >= 15 is 0 Å². The topological polar surface area (TPSA) is 41.1 Å². The van der Waals surface area contributed by atoms with Crippen molar-refractivity contribution in [2.24, 2.45) is 0 Å². The Kier molecular flexibility index (Phi) is 5.16. The van der Waals surface area contributed by atoms with Gasteiger partial charge in [-0.1, -0.05) is 29.8 Å². The van der Waals surface area contributed by atoms with Crippen molar-refractivity contribution >= 4 is 11.6 Å². The van der Waals surface area contributed by atoms with Crippen LogP contribution in [0.15, 0.2) is 35.9 Å². The third-order valence-corrected chi connectivity index (χ3v) is 3.43. The zero-order valence-electron chi connectivity index (χ0n) is 11.5. The highest BCUT2D eigenvalue weighted by atomic mass is 16.1. The molecule has 19 heavy (non-hydrogen) atoms. The predicted molar refractivity (Wildman–Crippen MR) is 79.0 cm³/mol. The Balaban J connectivity index is 1.96. The lowest BCUT2D eigenvalue weighted by Gasteiger charge is -2.14. The fourth-order valence-electron chi connectivity index (χ4n) is 2.45. The van der Waals surface area contributed by atoms with Crippen LogP contribution in [0.5, 0.6) is 0 Å². The molecule has 0 aromatic heterocycles. The van der Waals surface area contributed by atoms with Gasteiger partial charge in [0, 0.05) is 18.7 Å². The number of para-hydroxylation sites is 1. The molecule has 102 valence electrons. The van der Waals surface area contributed by atoms with E-state index in [9.17, 15) is 4.79 Å². The first kappa shape index (κ1) is 13.8. The van der Waals surface area contributed by atoms with Crippen LogP contribution in [0.4, 0.5) is 5.69 Å². The van der Waals surface area contributed by atoms with E-state index in [1.165, 1.54) is 18.4 Å². The summed E-state index contributed by atoms with van der Waals surface area (Å²) < 4.78 is 0. The van der Waals surface area contributed by atoms with Gasteiger partial charge in [0.25, 0.3) is 0 Å². The summed E-state index contributed by atoms with van der Waals surface area (Å²) in [5, 5.41) is 6.14. The van der Waals surface area contributed by atoms with E-state index in [2.05, 4.69) is 16.7 Å². The van der Waals surface area contributed by atoms with Crippen LogP contribution in [-0.4, -0.2) is 13.0 Å². The van der Waals surface area contributed by atoms with Gasteiger partial charge < -0.3 is 10.6 Å². The first-order chi connectivity index (χ1) is 9.29. The quantitative estimate of drug-likeness (QED) is 0.796. The van der Waals surface area contributed by atoms with Crippen molar-refractivity contribution < 1.29 is 4.79 Å². The Morgan fingerprint density at radius 1 is 1.26 bits per heavy atom. The van der Waals surface area contributed by atoms with Crippen LogP contribution < -0.4 is 10.6 Å². The monoisotopic (exact) mass is 258 g/mol. The molecule has 0 bridgehead atoms. The minimum Gasteiger partial charge on any atom is -0.326 e. The van der Waals surface area contributed by atoms with Crippen molar-refractivity contribution in [1.82, 2.24) is 5.32 Å². The van der Waals surface area contributed by atoms with Crippen molar-refractivity contribution in [3.63, 3.8) is 0 Å². The molecule has 0 heterocycles. The zero-order valence-corrected chi connectivity index (χ0v) is 11.5. The standard InChI is InChI=1S/C16H22N2O/c1-17-12-14-9-5-6-10-15(14)18-16(19)11-13-7-3-2-4-8-13/h5-7,9-10,17H,2-4,8,11-12H2,1H3,(H,18,19). The van der Waals surface area contributed by atoms with Crippen LogP contribution in [0.25, 0.3) is 0 Å². The van der Waals surface area contributed by atoms with E-state index < -0.39 is 0 Å². The van der Waals surface area contributed by atoms with E-state index in [1.807, 2.05) is 31.3 Å². The Morgan fingerprint density at radius 3 is 2.84 bits per heavy atom. The molecule has 1 aliphatic carbocycles. The Morgan fingerprint density at radius 2 is 2.11 bits per heavy atom. The number of anilines is 1. The molecule has 0 aliphatic heterocycles. The number of benzene rings is 1. The van der Waals surface area contributed by atoms with Crippen LogP contribution >= 0.6 is 0 Å². The average Bonchev–Trinajstić information content (AvgIpc) is 2.42. The number of amides is 1. The second-order valence-corrected chi connectivity index (χ2v) is 5.02. The number of allylic oxidation sites excluding steroid dienone is 1. The van der Waals surface area contributed by atoms with E-state index in [1.54, 1.807) is 0 Å². The maximum absolute atomic E-state index is 12.1. The fraction of sp³-hybridized carbons (Fsp3) is 0.438. The smallest absolute Gasteiger partial charge is 0.228 e. The molecule has 0 spiro atoms. The number of rotatable bonds is 5. The largest absolute Gasteiger partial charge is 0.326 e. The van der Waals surface area contributed by atoms with Crippen molar-refractivity contribution in [2.75, 3.05) is 12.4 Å². The minimum atomic E-state index is 0.0942. The molecule has 0 radical (unpaired) electrons. The van der Waals surface area contributed by atoms with Gasteiger partial charge in [0.05, 0.1) is 0 Å². The molecule has 0 saturated heterocycles. The Labute approximate surface area is 115 Å². The molecular weight excluding hydrogens is 236 g/mol. The number of nitrogens with one attached hydrogen (secondary N) is 2. The van der Waals surface area contributed by atoms with Crippen LogP contribution in [-0.2, 0) is 11.3 Å². The molecule has 1 aromatic rings. The highest BCUT2D eigenvalue weighted by Gasteiger charge is 2.10. The lowest BCUT2D eigenvalue weighted by molar-refractivity contribution is -0.115. The minimum absolute atomic E-state index is 0.0942. The van der Waals surface area contributed by atoms with Crippen molar-refractivity contribution in [3.05, 3.63) is 41.5 Å². The third kappa shape index (κ3) is 4.21. The summed E-state index contributed by atoms with van der Waals surface area (Å²) in [5.41, 5.74) is 3.32. The summed E-state index contributed by atoms with van der Waals surface area (Å²) in [6.45, 7) is 0.763. The van der Waals surface area contributed by atoms with Crippen LogP contribution in [0, 0.1) is 0 Å². The lowest BCUT2D eigenvalue weighted by atomic mass is 9.97. The summed E-state index contributed by atoms with van der Waals surface area (Å²) in [6.07, 6.45) is 7.44. The highest BCUT2D eigenvalue weighted by molar-refractivity contribution is 5.93. The van der Waals surface area contributed by atoms with Crippen molar-refractivity contribution in [1.29, 1.82) is 0 Å². The normalized spacial score (nSPS) is 14.9. The Hall–Kier alpha value is -1.61. The van der Waals surface area contributed by atoms with Crippen molar-refractivity contribution in [3.8, 4) is 0 Å². The number of hydrogen-bond acceptors (Lipinski definition) is 2. The van der Waals surface area contributed by atoms with Gasteiger partial charge in [-0.15, -0.1) is 0 Å². The molecule has 0 saturated carbocycles. The highest BCUT2D eigenvalue weighted by Crippen LogP contribution is 2.21. The molecule has 0 fully saturated rings. The summed E-state index contributed by atoms with van der Waals surface area (Å²) in [4.78, 5) is 12.1. The summed E-state index contributed by atoms with van der Waals surface area (Å²) in [7, 11) is 1.91. The fourth-order valence-corrected chi connectivity index (χ4v) is 2.45. The molecule has 1 amide bonds. The molecule has 2 N–H and O–H groups in total. The Bertz CT molecular complexity index is 466. The van der Waals surface area contributed by atoms with Crippen LogP contribution in [0.2, 0.25) is 0 Å². The number of carbonyl (C=O) groups excluding carboxylic acids is 1. The first-order valence-electron chi connectivity index (χ1n) is 7.00. The van der Waals surface area contributed by atoms with Gasteiger partial charge in [0.2, 0.25) is 5.91 Å². The van der Waals surface area contributed by atoms with Crippen LogP contribution in [0.3, 0.4) is 0 Å². The van der Waals surface area contributed by atoms with Gasteiger partial charge in [0.15, 0.2) is 0 Å². The summed E-state index contributed by atoms with van der Waals surface area (Å²) in [6, 6.07) is 7.94. The molecular formula is C16H22N2O. The second-order valence-electron chi connectivity index (χ2n) is 5.02. The lowest BCUT2D eigenvalue weighted by Crippen LogP contribution is -2.16. The third-order valence-electron chi connectivity index (χ3n) is 3.43. The van der Waals surface area contributed by atoms with Crippen LogP contribution in [0.1, 0.15) is 37.7 Å². The zero-order chi connectivity index (χ0) is 13.5. The van der Waals surface area contributed by atoms with E-state index in [0.717, 1.165) is 30.6 Å². The predicted octanol–water partition coefficient (Wildman–Crippen LogP) is 3.24.